The highest BCUT2D eigenvalue weighted by molar-refractivity contribution is 6.31. The number of rotatable bonds is 2. The van der Waals surface area contributed by atoms with Gasteiger partial charge in [0.1, 0.15) is 11.6 Å². The largest absolute Gasteiger partial charge is 0.221 e. The van der Waals surface area contributed by atoms with E-state index in [9.17, 15) is 5.26 Å². The van der Waals surface area contributed by atoms with Gasteiger partial charge in [0.15, 0.2) is 5.15 Å². The first kappa shape index (κ1) is 13.2. The van der Waals surface area contributed by atoms with Crippen LogP contribution < -0.4 is 0 Å². The van der Waals surface area contributed by atoms with Crippen LogP contribution in [0.15, 0.2) is 24.3 Å². The number of halogens is 1. The molecule has 4 heteroatoms. The van der Waals surface area contributed by atoms with Crippen LogP contribution in [0, 0.1) is 18.3 Å². The van der Waals surface area contributed by atoms with E-state index in [0.717, 1.165) is 29.8 Å². The summed E-state index contributed by atoms with van der Waals surface area (Å²) in [4.78, 5) is 0. The first-order valence-corrected chi connectivity index (χ1v) is 7.34. The zero-order valence-electron chi connectivity index (χ0n) is 11.4. The van der Waals surface area contributed by atoms with Crippen LogP contribution >= 0.6 is 11.6 Å². The van der Waals surface area contributed by atoms with Gasteiger partial charge in [-0.3, -0.25) is 0 Å². The van der Waals surface area contributed by atoms with E-state index in [2.05, 4.69) is 11.2 Å². The van der Waals surface area contributed by atoms with E-state index in [1.165, 1.54) is 12.8 Å². The molecule has 0 unspecified atom stereocenters. The van der Waals surface area contributed by atoms with E-state index in [1.807, 2.05) is 31.2 Å². The third-order valence-electron chi connectivity index (χ3n) is 3.96. The number of aryl methyl sites for hydroxylation is 1. The van der Waals surface area contributed by atoms with Gasteiger partial charge in [0.25, 0.3) is 0 Å². The number of hydrogen-bond donors (Lipinski definition) is 0. The van der Waals surface area contributed by atoms with Crippen molar-refractivity contribution in [3.8, 4) is 11.8 Å². The van der Waals surface area contributed by atoms with E-state index in [-0.39, 0.29) is 0 Å². The van der Waals surface area contributed by atoms with Gasteiger partial charge in [-0.2, -0.15) is 10.4 Å². The SMILES string of the molecule is Cc1cccc(-n2nc(C3CCCC3)c(C#N)c2Cl)c1. The van der Waals surface area contributed by atoms with Crippen molar-refractivity contribution in [2.24, 2.45) is 0 Å². The Labute approximate surface area is 123 Å². The summed E-state index contributed by atoms with van der Waals surface area (Å²) in [5.74, 6) is 0.383. The van der Waals surface area contributed by atoms with Crippen LogP contribution in [0.1, 0.15) is 48.4 Å². The van der Waals surface area contributed by atoms with Gasteiger partial charge in [0, 0.05) is 5.92 Å². The molecule has 1 aliphatic carbocycles. The van der Waals surface area contributed by atoms with E-state index >= 15 is 0 Å². The van der Waals surface area contributed by atoms with Crippen molar-refractivity contribution in [2.75, 3.05) is 0 Å². The second-order valence-electron chi connectivity index (χ2n) is 5.40. The molecule has 0 atom stereocenters. The zero-order chi connectivity index (χ0) is 14.1. The molecule has 0 N–H and O–H groups in total. The fourth-order valence-electron chi connectivity index (χ4n) is 2.93. The quantitative estimate of drug-likeness (QED) is 0.822. The molecule has 1 aliphatic rings. The minimum atomic E-state index is 0.383. The molecule has 3 rings (SSSR count). The summed E-state index contributed by atoms with van der Waals surface area (Å²) in [7, 11) is 0. The summed E-state index contributed by atoms with van der Waals surface area (Å²) in [6.45, 7) is 2.03. The molecule has 3 nitrogen and oxygen atoms in total. The standard InChI is InChI=1S/C16H16ClN3/c1-11-5-4-8-13(9-11)20-16(17)14(10-18)15(19-20)12-6-2-3-7-12/h4-5,8-9,12H,2-3,6-7H2,1H3. The fourth-order valence-corrected chi connectivity index (χ4v) is 3.21. The first-order chi connectivity index (χ1) is 9.70. The molecular formula is C16H16ClN3. The average molecular weight is 286 g/mol. The molecule has 0 radical (unpaired) electrons. The van der Waals surface area contributed by atoms with Crippen LogP contribution in [0.2, 0.25) is 5.15 Å². The van der Waals surface area contributed by atoms with E-state index in [0.29, 0.717) is 16.6 Å². The molecule has 1 saturated carbocycles. The Morgan fingerprint density at radius 1 is 1.35 bits per heavy atom. The minimum absolute atomic E-state index is 0.383. The maximum absolute atomic E-state index is 9.39. The molecular weight excluding hydrogens is 270 g/mol. The summed E-state index contributed by atoms with van der Waals surface area (Å²) < 4.78 is 1.70. The first-order valence-electron chi connectivity index (χ1n) is 6.96. The fraction of sp³-hybridized carbons (Fsp3) is 0.375. The molecule has 1 aromatic heterocycles. The van der Waals surface area contributed by atoms with Crippen molar-refractivity contribution in [1.29, 1.82) is 5.26 Å². The van der Waals surface area contributed by atoms with Gasteiger partial charge in [0.2, 0.25) is 0 Å². The molecule has 0 amide bonds. The second kappa shape index (κ2) is 5.30. The summed E-state index contributed by atoms with van der Waals surface area (Å²) in [6.07, 6.45) is 4.64. The van der Waals surface area contributed by atoms with E-state index in [1.54, 1.807) is 4.68 Å². The van der Waals surface area contributed by atoms with Gasteiger partial charge in [-0.05, 0) is 37.5 Å². The molecule has 0 bridgehead atoms. The molecule has 1 heterocycles. The topological polar surface area (TPSA) is 41.6 Å². The maximum atomic E-state index is 9.39. The van der Waals surface area contributed by atoms with Gasteiger partial charge >= 0.3 is 0 Å². The Morgan fingerprint density at radius 2 is 2.10 bits per heavy atom. The maximum Gasteiger partial charge on any atom is 0.150 e. The molecule has 0 saturated heterocycles. The van der Waals surface area contributed by atoms with Gasteiger partial charge < -0.3 is 0 Å². The molecule has 0 spiro atoms. The van der Waals surface area contributed by atoms with Gasteiger partial charge in [-0.1, -0.05) is 36.6 Å². The van der Waals surface area contributed by atoms with E-state index < -0.39 is 0 Å². The Bertz CT molecular complexity index is 676. The van der Waals surface area contributed by atoms with Crippen LogP contribution in [-0.2, 0) is 0 Å². The number of aromatic nitrogens is 2. The molecule has 20 heavy (non-hydrogen) atoms. The van der Waals surface area contributed by atoms with Crippen molar-refractivity contribution in [3.63, 3.8) is 0 Å². The Kier molecular flexibility index (Phi) is 3.50. The van der Waals surface area contributed by atoms with Gasteiger partial charge in [0.05, 0.1) is 11.4 Å². The lowest BCUT2D eigenvalue weighted by molar-refractivity contribution is 0.677. The molecule has 2 aromatic rings. The summed E-state index contributed by atoms with van der Waals surface area (Å²) in [5.41, 5.74) is 3.47. The predicted octanol–water partition coefficient (Wildman–Crippen LogP) is 4.36. The predicted molar refractivity (Wildman–Crippen MR) is 79.2 cm³/mol. The smallest absolute Gasteiger partial charge is 0.150 e. The van der Waals surface area contributed by atoms with Crippen LogP contribution in [0.5, 0.6) is 0 Å². The molecule has 102 valence electrons. The number of benzene rings is 1. The Morgan fingerprint density at radius 3 is 2.75 bits per heavy atom. The minimum Gasteiger partial charge on any atom is -0.221 e. The van der Waals surface area contributed by atoms with Crippen LogP contribution in [0.3, 0.4) is 0 Å². The molecule has 1 aromatic carbocycles. The monoisotopic (exact) mass is 285 g/mol. The lowest BCUT2D eigenvalue weighted by atomic mass is 10.0. The van der Waals surface area contributed by atoms with Crippen LogP contribution in [0.4, 0.5) is 0 Å². The number of nitriles is 1. The van der Waals surface area contributed by atoms with Crippen molar-refractivity contribution in [1.82, 2.24) is 9.78 Å². The number of hydrogen-bond acceptors (Lipinski definition) is 2. The van der Waals surface area contributed by atoms with Crippen molar-refractivity contribution < 1.29 is 0 Å². The highest BCUT2D eigenvalue weighted by Gasteiger charge is 2.26. The second-order valence-corrected chi connectivity index (χ2v) is 5.75. The Hall–Kier alpha value is -1.79. The third-order valence-corrected chi connectivity index (χ3v) is 4.31. The number of nitrogens with zero attached hydrogens (tertiary/aromatic N) is 3. The van der Waals surface area contributed by atoms with Crippen LogP contribution in [0.25, 0.3) is 5.69 Å². The zero-order valence-corrected chi connectivity index (χ0v) is 12.2. The van der Waals surface area contributed by atoms with E-state index in [4.69, 9.17) is 11.6 Å². The molecule has 0 aliphatic heterocycles. The highest BCUT2D eigenvalue weighted by atomic mass is 35.5. The summed E-state index contributed by atoms with van der Waals surface area (Å²) >= 11 is 6.37. The highest BCUT2D eigenvalue weighted by Crippen LogP contribution is 2.37. The van der Waals surface area contributed by atoms with Gasteiger partial charge in [-0.15, -0.1) is 0 Å². The van der Waals surface area contributed by atoms with Crippen molar-refractivity contribution >= 4 is 11.6 Å². The normalized spacial score (nSPS) is 15.4. The van der Waals surface area contributed by atoms with Crippen LogP contribution in [-0.4, -0.2) is 9.78 Å². The lowest BCUT2D eigenvalue weighted by Gasteiger charge is -2.05. The molecule has 1 fully saturated rings. The summed E-state index contributed by atoms with van der Waals surface area (Å²) in [5, 5.41) is 14.5. The van der Waals surface area contributed by atoms with Gasteiger partial charge in [-0.25, -0.2) is 4.68 Å². The van der Waals surface area contributed by atoms with Crippen molar-refractivity contribution in [2.45, 2.75) is 38.5 Å². The third kappa shape index (κ3) is 2.21. The average Bonchev–Trinajstić information content (AvgIpc) is 3.05. The lowest BCUT2D eigenvalue weighted by Crippen LogP contribution is -2.00. The Balaban J connectivity index is 2.11. The summed E-state index contributed by atoms with van der Waals surface area (Å²) in [6, 6.07) is 10.2. The van der Waals surface area contributed by atoms with Crippen molar-refractivity contribution in [3.05, 3.63) is 46.2 Å².